The molecule has 0 aromatic carbocycles. The average molecular weight is 197 g/mol. The second-order valence-corrected chi connectivity index (χ2v) is 3.82. The third kappa shape index (κ3) is 2.58. The highest BCUT2D eigenvalue weighted by atomic mass is 16.5. The van der Waals surface area contributed by atoms with E-state index in [1.165, 1.54) is 0 Å². The number of hydrogen-bond donors (Lipinski definition) is 0. The lowest BCUT2D eigenvalue weighted by Crippen LogP contribution is -2.44. The largest absolute Gasteiger partial charge is 0.378 e. The third-order valence-corrected chi connectivity index (χ3v) is 2.87. The monoisotopic (exact) mass is 197 g/mol. The lowest BCUT2D eigenvalue weighted by atomic mass is 9.94. The predicted molar refractivity (Wildman–Crippen MR) is 55.9 cm³/mol. The second-order valence-electron chi connectivity index (χ2n) is 3.82. The molecule has 14 heavy (non-hydrogen) atoms. The minimum atomic E-state index is 0.0330. The van der Waals surface area contributed by atoms with Gasteiger partial charge in [0.25, 0.3) is 0 Å². The van der Waals surface area contributed by atoms with Crippen LogP contribution in [0.3, 0.4) is 0 Å². The summed E-state index contributed by atoms with van der Waals surface area (Å²) in [5, 5.41) is 0. The Bertz CT molecular complexity index is 209. The molecule has 1 saturated heterocycles. The number of morpholine rings is 1. The maximum absolute atomic E-state index is 11.9. The van der Waals surface area contributed by atoms with Crippen molar-refractivity contribution in [2.24, 2.45) is 11.8 Å². The summed E-state index contributed by atoms with van der Waals surface area (Å²) in [6.07, 6.45) is 1.84. The Morgan fingerprint density at radius 3 is 2.50 bits per heavy atom. The maximum Gasteiger partial charge on any atom is 0.226 e. The van der Waals surface area contributed by atoms with Crippen LogP contribution in [-0.2, 0) is 9.53 Å². The lowest BCUT2D eigenvalue weighted by Gasteiger charge is -2.30. The van der Waals surface area contributed by atoms with E-state index in [0.717, 1.165) is 13.1 Å². The Morgan fingerprint density at radius 1 is 1.43 bits per heavy atom. The summed E-state index contributed by atoms with van der Waals surface area (Å²) < 4.78 is 5.20. The van der Waals surface area contributed by atoms with Crippen LogP contribution in [0.15, 0.2) is 12.7 Å². The molecule has 0 saturated carbocycles. The van der Waals surface area contributed by atoms with Crippen LogP contribution in [0.25, 0.3) is 0 Å². The first-order valence-corrected chi connectivity index (χ1v) is 5.16. The van der Waals surface area contributed by atoms with Crippen LogP contribution < -0.4 is 0 Å². The molecule has 0 N–H and O–H groups in total. The number of nitrogens with zero attached hydrogens (tertiary/aromatic N) is 1. The summed E-state index contributed by atoms with van der Waals surface area (Å²) in [6, 6.07) is 0. The Kier molecular flexibility index (Phi) is 4.14. The number of ether oxygens (including phenoxy) is 1. The summed E-state index contributed by atoms with van der Waals surface area (Å²) in [5.74, 6) is 0.497. The van der Waals surface area contributed by atoms with Crippen molar-refractivity contribution in [2.75, 3.05) is 26.3 Å². The Hall–Kier alpha value is -0.830. The molecule has 0 unspecified atom stereocenters. The molecule has 1 amide bonds. The number of carbonyl (C=O) groups is 1. The van der Waals surface area contributed by atoms with Crippen LogP contribution in [-0.4, -0.2) is 37.1 Å². The first-order valence-electron chi connectivity index (χ1n) is 5.16. The standard InChI is InChI=1S/C11H19NO2/c1-4-9(2)10(3)11(13)12-5-7-14-8-6-12/h4,9-10H,1,5-8H2,2-3H3/t9-,10-/m0/s1. The zero-order valence-electron chi connectivity index (χ0n) is 9.03. The molecule has 0 radical (unpaired) electrons. The summed E-state index contributed by atoms with van der Waals surface area (Å²) in [6.45, 7) is 10.5. The van der Waals surface area contributed by atoms with Crippen LogP contribution in [0.2, 0.25) is 0 Å². The van der Waals surface area contributed by atoms with Gasteiger partial charge in [-0.2, -0.15) is 0 Å². The molecule has 1 aliphatic heterocycles. The van der Waals surface area contributed by atoms with E-state index >= 15 is 0 Å². The van der Waals surface area contributed by atoms with E-state index in [0.29, 0.717) is 13.2 Å². The number of carbonyl (C=O) groups excluding carboxylic acids is 1. The van der Waals surface area contributed by atoms with E-state index in [4.69, 9.17) is 4.74 Å². The van der Waals surface area contributed by atoms with Crippen LogP contribution in [0.4, 0.5) is 0 Å². The third-order valence-electron chi connectivity index (χ3n) is 2.87. The van der Waals surface area contributed by atoms with Crippen LogP contribution in [0.5, 0.6) is 0 Å². The van der Waals surface area contributed by atoms with Crippen molar-refractivity contribution < 1.29 is 9.53 Å². The summed E-state index contributed by atoms with van der Waals surface area (Å²) in [5.41, 5.74) is 0. The van der Waals surface area contributed by atoms with Gasteiger partial charge in [0.15, 0.2) is 0 Å². The quantitative estimate of drug-likeness (QED) is 0.638. The van der Waals surface area contributed by atoms with Gasteiger partial charge in [-0.3, -0.25) is 4.79 Å². The molecular weight excluding hydrogens is 178 g/mol. The average Bonchev–Trinajstić information content (AvgIpc) is 2.27. The van der Waals surface area contributed by atoms with Crippen molar-refractivity contribution in [1.29, 1.82) is 0 Å². The molecule has 0 bridgehead atoms. The molecule has 3 nitrogen and oxygen atoms in total. The van der Waals surface area contributed by atoms with Gasteiger partial charge in [0.2, 0.25) is 5.91 Å². The minimum Gasteiger partial charge on any atom is -0.378 e. The highest BCUT2D eigenvalue weighted by molar-refractivity contribution is 5.79. The molecule has 0 spiro atoms. The van der Waals surface area contributed by atoms with Gasteiger partial charge in [-0.1, -0.05) is 19.9 Å². The fraction of sp³-hybridized carbons (Fsp3) is 0.727. The first kappa shape index (κ1) is 11.2. The molecule has 2 atom stereocenters. The molecule has 0 aromatic rings. The summed E-state index contributed by atoms with van der Waals surface area (Å²) in [4.78, 5) is 13.8. The Labute approximate surface area is 85.7 Å². The van der Waals surface area contributed by atoms with Crippen molar-refractivity contribution >= 4 is 5.91 Å². The number of hydrogen-bond acceptors (Lipinski definition) is 2. The van der Waals surface area contributed by atoms with Gasteiger partial charge in [0.05, 0.1) is 13.2 Å². The Morgan fingerprint density at radius 2 is 2.00 bits per heavy atom. The van der Waals surface area contributed by atoms with E-state index in [-0.39, 0.29) is 17.7 Å². The fourth-order valence-electron chi connectivity index (χ4n) is 1.50. The van der Waals surface area contributed by atoms with Crippen molar-refractivity contribution in [3.8, 4) is 0 Å². The van der Waals surface area contributed by atoms with Crippen LogP contribution in [0, 0.1) is 11.8 Å². The molecular formula is C11H19NO2. The van der Waals surface area contributed by atoms with Crippen molar-refractivity contribution in [2.45, 2.75) is 13.8 Å². The van der Waals surface area contributed by atoms with Gasteiger partial charge in [-0.25, -0.2) is 0 Å². The number of rotatable bonds is 3. The van der Waals surface area contributed by atoms with Crippen LogP contribution in [0.1, 0.15) is 13.8 Å². The lowest BCUT2D eigenvalue weighted by molar-refractivity contribution is -0.140. The van der Waals surface area contributed by atoms with E-state index < -0.39 is 0 Å². The van der Waals surface area contributed by atoms with E-state index in [1.807, 2.05) is 24.8 Å². The van der Waals surface area contributed by atoms with Crippen LogP contribution >= 0.6 is 0 Å². The smallest absolute Gasteiger partial charge is 0.226 e. The second kappa shape index (κ2) is 5.15. The van der Waals surface area contributed by atoms with Crippen molar-refractivity contribution in [3.05, 3.63) is 12.7 Å². The Balaban J connectivity index is 2.49. The molecule has 80 valence electrons. The van der Waals surface area contributed by atoms with Gasteiger partial charge in [-0.15, -0.1) is 6.58 Å². The van der Waals surface area contributed by atoms with E-state index in [9.17, 15) is 4.79 Å². The van der Waals surface area contributed by atoms with Crippen molar-refractivity contribution in [3.63, 3.8) is 0 Å². The highest BCUT2D eigenvalue weighted by Gasteiger charge is 2.24. The van der Waals surface area contributed by atoms with Gasteiger partial charge in [0, 0.05) is 19.0 Å². The molecule has 0 aliphatic carbocycles. The zero-order chi connectivity index (χ0) is 10.6. The summed E-state index contributed by atoms with van der Waals surface area (Å²) >= 11 is 0. The topological polar surface area (TPSA) is 29.5 Å². The SMILES string of the molecule is C=C[C@H](C)[C@H](C)C(=O)N1CCOCC1. The molecule has 1 fully saturated rings. The van der Waals surface area contributed by atoms with Gasteiger partial charge in [-0.05, 0) is 5.92 Å². The minimum absolute atomic E-state index is 0.0330. The van der Waals surface area contributed by atoms with E-state index in [2.05, 4.69) is 6.58 Å². The molecule has 1 rings (SSSR count). The first-order chi connectivity index (χ1) is 6.66. The highest BCUT2D eigenvalue weighted by Crippen LogP contribution is 2.15. The van der Waals surface area contributed by atoms with Gasteiger partial charge < -0.3 is 9.64 Å². The molecule has 1 heterocycles. The normalized spacial score (nSPS) is 21.4. The predicted octanol–water partition coefficient (Wildman–Crippen LogP) is 1.30. The maximum atomic E-state index is 11.9. The van der Waals surface area contributed by atoms with Gasteiger partial charge >= 0.3 is 0 Å². The fourth-order valence-corrected chi connectivity index (χ4v) is 1.50. The van der Waals surface area contributed by atoms with E-state index in [1.54, 1.807) is 0 Å². The molecule has 0 aromatic heterocycles. The van der Waals surface area contributed by atoms with Crippen molar-refractivity contribution in [1.82, 2.24) is 4.90 Å². The summed E-state index contributed by atoms with van der Waals surface area (Å²) in [7, 11) is 0. The van der Waals surface area contributed by atoms with Gasteiger partial charge in [0.1, 0.15) is 0 Å². The molecule has 1 aliphatic rings. The molecule has 3 heteroatoms. The number of allylic oxidation sites excluding steroid dienone is 1. The zero-order valence-corrected chi connectivity index (χ0v) is 9.03. The number of amides is 1.